The van der Waals surface area contributed by atoms with E-state index < -0.39 is 65.6 Å². The van der Waals surface area contributed by atoms with Gasteiger partial charge in [-0.15, -0.1) is 0 Å². The number of nitrogens with zero attached hydrogens (tertiary/aromatic N) is 7. The lowest BCUT2D eigenvalue weighted by Gasteiger charge is -2.28. The van der Waals surface area contributed by atoms with E-state index in [4.69, 9.17) is 15.2 Å². The molecule has 0 aliphatic rings. The summed E-state index contributed by atoms with van der Waals surface area (Å²) in [5.74, 6) is -4.18. The molecule has 0 unspecified atom stereocenters. The SMILES string of the molecule is CC(C)(C)OC(=O)N(Cc1cc(-c2cnc(C(F)(F)F)nc2)c(F)cn1)C(=O)OC(C)(C)C.NCc1cc(-c2cnc(C(F)(F)F)nc2)c(F)cn1. The van der Waals surface area contributed by atoms with Crippen LogP contribution in [0.2, 0.25) is 0 Å². The van der Waals surface area contributed by atoms with Crippen molar-refractivity contribution in [3.8, 4) is 22.3 Å². The zero-order valence-corrected chi connectivity index (χ0v) is 28.4. The molecule has 0 aromatic carbocycles. The second kappa shape index (κ2) is 15.9. The minimum atomic E-state index is -4.75. The summed E-state index contributed by atoms with van der Waals surface area (Å²) < 4.78 is 113. The first-order valence-electron chi connectivity index (χ1n) is 14.9. The number of halogens is 8. The maximum absolute atomic E-state index is 14.4. The third-order valence-electron chi connectivity index (χ3n) is 6.01. The molecule has 0 bridgehead atoms. The molecule has 2 N–H and O–H groups in total. The molecule has 0 aliphatic heterocycles. The minimum absolute atomic E-state index is 0.0445. The quantitative estimate of drug-likeness (QED) is 0.201. The molecular weight excluding hydrogens is 712 g/mol. The van der Waals surface area contributed by atoms with Crippen LogP contribution in [0.15, 0.2) is 49.3 Å². The van der Waals surface area contributed by atoms with Gasteiger partial charge in [0.2, 0.25) is 11.6 Å². The lowest BCUT2D eigenvalue weighted by Crippen LogP contribution is -2.43. The monoisotopic (exact) mass is 744 g/mol. The number of amides is 2. The van der Waals surface area contributed by atoms with Crippen LogP contribution in [-0.2, 0) is 34.9 Å². The molecule has 20 heteroatoms. The molecular formula is C32H32F8N8O4. The number of ether oxygens (including phenoxy) is 2. The number of pyridine rings is 2. The molecule has 0 atom stereocenters. The van der Waals surface area contributed by atoms with Gasteiger partial charge in [0.15, 0.2) is 0 Å². The van der Waals surface area contributed by atoms with Crippen LogP contribution in [0.25, 0.3) is 22.3 Å². The zero-order chi connectivity index (χ0) is 39.2. The Morgan fingerprint density at radius 2 is 0.962 bits per heavy atom. The van der Waals surface area contributed by atoms with E-state index in [2.05, 4.69) is 29.9 Å². The van der Waals surface area contributed by atoms with Crippen LogP contribution in [0.5, 0.6) is 0 Å². The third-order valence-corrected chi connectivity index (χ3v) is 6.01. The van der Waals surface area contributed by atoms with Gasteiger partial charge in [0.1, 0.15) is 22.8 Å². The number of hydrogen-bond acceptors (Lipinski definition) is 11. The van der Waals surface area contributed by atoms with Crippen molar-refractivity contribution < 1.29 is 54.2 Å². The molecule has 4 aromatic heterocycles. The number of imide groups is 1. The number of hydrogen-bond donors (Lipinski definition) is 1. The average Bonchev–Trinajstić information content (AvgIpc) is 3.02. The fraction of sp³-hybridized carbons (Fsp3) is 0.375. The number of alkyl halides is 6. The van der Waals surface area contributed by atoms with E-state index in [1.807, 2.05) is 0 Å². The van der Waals surface area contributed by atoms with Crippen molar-refractivity contribution in [3.05, 3.63) is 84.0 Å². The molecule has 4 aromatic rings. The molecule has 0 radical (unpaired) electrons. The van der Waals surface area contributed by atoms with Crippen molar-refractivity contribution >= 4 is 12.2 Å². The topological polar surface area (TPSA) is 159 Å². The average molecular weight is 745 g/mol. The highest BCUT2D eigenvalue weighted by molar-refractivity contribution is 5.88. The summed E-state index contributed by atoms with van der Waals surface area (Å²) in [6, 6.07) is 2.52. The Morgan fingerprint density at radius 3 is 1.29 bits per heavy atom. The maximum Gasteiger partial charge on any atom is 0.451 e. The highest BCUT2D eigenvalue weighted by Crippen LogP contribution is 2.29. The van der Waals surface area contributed by atoms with E-state index in [0.29, 0.717) is 10.6 Å². The van der Waals surface area contributed by atoms with Gasteiger partial charge in [-0.25, -0.2) is 43.2 Å². The van der Waals surface area contributed by atoms with Gasteiger partial charge in [0.25, 0.3) is 0 Å². The lowest BCUT2D eigenvalue weighted by atomic mass is 10.1. The summed E-state index contributed by atoms with van der Waals surface area (Å²) in [6.07, 6.45) is -6.18. The third kappa shape index (κ3) is 11.8. The molecule has 52 heavy (non-hydrogen) atoms. The minimum Gasteiger partial charge on any atom is -0.443 e. The normalized spacial score (nSPS) is 12.1. The van der Waals surface area contributed by atoms with Gasteiger partial charge >= 0.3 is 24.5 Å². The summed E-state index contributed by atoms with van der Waals surface area (Å²) in [5, 5.41) is 0. The first-order valence-corrected chi connectivity index (χ1v) is 14.9. The Hall–Kier alpha value is -5.40. The van der Waals surface area contributed by atoms with Crippen LogP contribution in [0.4, 0.5) is 44.7 Å². The Balaban J connectivity index is 0.000000323. The largest absolute Gasteiger partial charge is 0.451 e. The van der Waals surface area contributed by atoms with Crippen molar-refractivity contribution in [3.63, 3.8) is 0 Å². The molecule has 0 aliphatic carbocycles. The summed E-state index contributed by atoms with van der Waals surface area (Å²) in [4.78, 5) is 46.2. The van der Waals surface area contributed by atoms with E-state index in [0.717, 1.165) is 37.2 Å². The number of carbonyl (C=O) groups is 2. The van der Waals surface area contributed by atoms with Crippen molar-refractivity contribution in [2.45, 2.75) is 78.2 Å². The van der Waals surface area contributed by atoms with E-state index in [1.165, 1.54) is 12.1 Å². The molecule has 0 fully saturated rings. The smallest absolute Gasteiger partial charge is 0.443 e. The summed E-state index contributed by atoms with van der Waals surface area (Å²) in [5.41, 5.74) is 3.95. The van der Waals surface area contributed by atoms with Gasteiger partial charge in [0.05, 0.1) is 30.3 Å². The van der Waals surface area contributed by atoms with Crippen molar-refractivity contribution in [1.29, 1.82) is 0 Å². The molecule has 0 saturated carbocycles. The lowest BCUT2D eigenvalue weighted by molar-refractivity contribution is -0.145. The summed E-state index contributed by atoms with van der Waals surface area (Å²) >= 11 is 0. The Kier molecular flexibility index (Phi) is 12.5. The molecule has 12 nitrogen and oxygen atoms in total. The van der Waals surface area contributed by atoms with Gasteiger partial charge in [-0.05, 0) is 53.7 Å². The van der Waals surface area contributed by atoms with Crippen LogP contribution in [0.3, 0.4) is 0 Å². The fourth-order valence-corrected chi connectivity index (χ4v) is 3.83. The predicted molar refractivity (Wildman–Crippen MR) is 166 cm³/mol. The summed E-state index contributed by atoms with van der Waals surface area (Å²) in [6.45, 7) is 9.30. The Bertz CT molecular complexity index is 1830. The van der Waals surface area contributed by atoms with Crippen LogP contribution < -0.4 is 5.73 Å². The van der Waals surface area contributed by atoms with E-state index >= 15 is 0 Å². The Labute approximate surface area is 291 Å². The number of carbonyl (C=O) groups excluding carboxylic acids is 2. The molecule has 280 valence electrons. The van der Waals surface area contributed by atoms with Gasteiger partial charge < -0.3 is 15.2 Å². The first kappa shape index (κ1) is 41.0. The predicted octanol–water partition coefficient (Wildman–Crippen LogP) is 7.52. The molecule has 4 rings (SSSR count). The molecule has 4 heterocycles. The first-order chi connectivity index (χ1) is 23.9. The van der Waals surface area contributed by atoms with E-state index in [1.54, 1.807) is 41.5 Å². The highest BCUT2D eigenvalue weighted by Gasteiger charge is 2.36. The fourth-order valence-electron chi connectivity index (χ4n) is 3.83. The van der Waals surface area contributed by atoms with Gasteiger partial charge in [0, 0.05) is 53.6 Å². The second-order valence-electron chi connectivity index (χ2n) is 12.6. The second-order valence-corrected chi connectivity index (χ2v) is 12.6. The van der Waals surface area contributed by atoms with Crippen molar-refractivity contribution in [2.75, 3.05) is 0 Å². The maximum atomic E-state index is 14.4. The van der Waals surface area contributed by atoms with Gasteiger partial charge in [-0.1, -0.05) is 0 Å². The molecule has 2 amide bonds. The van der Waals surface area contributed by atoms with Gasteiger partial charge in [-0.2, -0.15) is 26.3 Å². The van der Waals surface area contributed by atoms with Crippen molar-refractivity contribution in [1.82, 2.24) is 34.8 Å². The number of rotatable bonds is 5. The highest BCUT2D eigenvalue weighted by atomic mass is 19.4. The zero-order valence-electron chi connectivity index (χ0n) is 28.4. The van der Waals surface area contributed by atoms with E-state index in [9.17, 15) is 44.7 Å². The van der Waals surface area contributed by atoms with Crippen LogP contribution in [0, 0.1) is 11.6 Å². The van der Waals surface area contributed by atoms with Crippen LogP contribution in [-0.4, -0.2) is 58.2 Å². The summed E-state index contributed by atoms with van der Waals surface area (Å²) in [7, 11) is 0. The molecule has 0 saturated heterocycles. The number of nitrogens with two attached hydrogens (primary N) is 1. The van der Waals surface area contributed by atoms with Crippen molar-refractivity contribution in [2.24, 2.45) is 5.73 Å². The van der Waals surface area contributed by atoms with Crippen LogP contribution in [0.1, 0.15) is 64.6 Å². The van der Waals surface area contributed by atoms with Gasteiger partial charge in [-0.3, -0.25) is 9.97 Å². The standard InChI is InChI=1S/C21H24F4N4O4.C11H8F4N4/c1-19(2,3)32-17(30)29(18(31)33-20(4,5)6)11-13-7-14(15(22)10-26-13)12-8-27-16(28-9-12)21(23,24)25;12-9-5-17-7(2-16)1-8(9)6-3-18-10(19-4-6)11(13,14)15/h7-10H,11H2,1-6H3;1,3-5H,2,16H2. The van der Waals surface area contributed by atoms with Crippen LogP contribution >= 0.6 is 0 Å². The molecule has 0 spiro atoms. The number of aromatic nitrogens is 6. The van der Waals surface area contributed by atoms with E-state index in [-0.39, 0.29) is 34.5 Å². The Morgan fingerprint density at radius 1 is 0.615 bits per heavy atom.